The molecule has 0 bridgehead atoms. The Labute approximate surface area is 209 Å². The van der Waals surface area contributed by atoms with Crippen molar-refractivity contribution in [3.05, 3.63) is 29.8 Å². The van der Waals surface area contributed by atoms with Crippen LogP contribution in [0.4, 0.5) is 0 Å². The normalized spacial score (nSPS) is 12.7. The van der Waals surface area contributed by atoms with Crippen molar-refractivity contribution >= 4 is 30.0 Å². The Hall–Kier alpha value is 0.964. The average Bonchev–Trinajstić information content (AvgIpc) is 2.49. The van der Waals surface area contributed by atoms with E-state index in [-0.39, 0.29) is 29.6 Å². The van der Waals surface area contributed by atoms with E-state index in [2.05, 4.69) is 111 Å². The molecule has 0 spiro atoms. The Kier molecular flexibility index (Phi) is 16.5. The number of benzene rings is 1. The van der Waals surface area contributed by atoms with E-state index < -0.39 is 16.1 Å². The summed E-state index contributed by atoms with van der Waals surface area (Å²) in [6.45, 7) is 18.8. The second kappa shape index (κ2) is 14.9. The van der Waals surface area contributed by atoms with Crippen molar-refractivity contribution in [2.75, 3.05) is 55.4 Å². The molecule has 0 aliphatic heterocycles. The van der Waals surface area contributed by atoms with Crippen LogP contribution in [0.15, 0.2) is 24.3 Å². The molecule has 0 aliphatic rings. The number of nitrogens with zero attached hydrogens (tertiary/aromatic N) is 1. The van der Waals surface area contributed by atoms with Crippen molar-refractivity contribution in [1.29, 1.82) is 0 Å². The van der Waals surface area contributed by atoms with Crippen LogP contribution < -0.4 is 44.7 Å². The molecule has 0 heterocycles. The minimum atomic E-state index is -1.13. The predicted molar refractivity (Wildman–Crippen MR) is 136 cm³/mol. The Bertz CT molecular complexity index is 534. The Balaban J connectivity index is 0. The Morgan fingerprint density at radius 3 is 1.59 bits per heavy atom. The monoisotopic (exact) mass is 465 g/mol. The van der Waals surface area contributed by atoms with Crippen LogP contribution in [-0.4, -0.2) is 81.3 Å². The molecule has 0 aromatic heterocycles. The van der Waals surface area contributed by atoms with Gasteiger partial charge in [-0.2, -0.15) is 4.91 Å². The zero-order chi connectivity index (χ0) is 22.1. The number of rotatable bonds is 9. The SMILES string of the molecule is CN(C)Cc1ccccc1[P-]C([Si](C)(C)C)[Si](C)(C)C.C[NH+](C)CC[NH+](C)C.[Na+]. The fourth-order valence-electron chi connectivity index (χ4n) is 3.44. The van der Waals surface area contributed by atoms with Gasteiger partial charge >= 0.3 is 29.6 Å². The van der Waals surface area contributed by atoms with Crippen LogP contribution in [0.2, 0.25) is 39.3 Å². The first-order valence-corrected chi connectivity index (χ1v) is 18.8. The second-order valence-electron chi connectivity index (χ2n) is 11.0. The van der Waals surface area contributed by atoms with Crippen LogP contribution in [0, 0.1) is 0 Å². The van der Waals surface area contributed by atoms with Crippen LogP contribution in [0.25, 0.3) is 0 Å². The van der Waals surface area contributed by atoms with Gasteiger partial charge in [0.15, 0.2) is 0 Å². The van der Waals surface area contributed by atoms with Crippen molar-refractivity contribution in [2.45, 2.75) is 50.7 Å². The van der Waals surface area contributed by atoms with E-state index in [1.807, 2.05) is 0 Å². The van der Waals surface area contributed by atoms with Gasteiger partial charge in [0, 0.05) is 22.7 Å². The van der Waals surface area contributed by atoms with E-state index in [4.69, 9.17) is 0 Å². The van der Waals surface area contributed by atoms with Gasteiger partial charge in [-0.25, -0.2) is 5.30 Å². The molecular weight excluding hydrogens is 416 g/mol. The number of nitrogens with one attached hydrogen (secondary N) is 2. The van der Waals surface area contributed by atoms with Gasteiger partial charge in [0.2, 0.25) is 0 Å². The molecule has 0 unspecified atom stereocenters. The van der Waals surface area contributed by atoms with Crippen molar-refractivity contribution in [2.24, 2.45) is 0 Å². The standard InChI is InChI=1S/C16H31NPSi2.C6H16N2.Na/c1-17(2)13-14-11-9-10-12-15(14)18-16(19(3,4)5)20(6,7)8;1-7(2)5-6-8(3)4;/h9-12,16H,13H2,1-8H3;5-6H2,1-4H3;/q-1;;+1/p+2. The van der Waals surface area contributed by atoms with E-state index in [9.17, 15) is 0 Å². The van der Waals surface area contributed by atoms with Crippen LogP contribution >= 0.6 is 8.58 Å². The van der Waals surface area contributed by atoms with Gasteiger partial charge in [0.05, 0.1) is 28.2 Å². The maximum Gasteiger partial charge on any atom is 1.00 e. The van der Waals surface area contributed by atoms with Gasteiger partial charge in [-0.05, 0) is 14.1 Å². The summed E-state index contributed by atoms with van der Waals surface area (Å²) in [7, 11) is 12.4. The summed E-state index contributed by atoms with van der Waals surface area (Å²) in [5.41, 5.74) is 1.50. The first kappa shape index (κ1) is 32.1. The summed E-state index contributed by atoms with van der Waals surface area (Å²) in [4.78, 5) is 6.25. The zero-order valence-corrected chi connectivity index (χ0v) is 26.8. The van der Waals surface area contributed by atoms with Crippen molar-refractivity contribution in [1.82, 2.24) is 4.90 Å². The maximum atomic E-state index is 2.54. The molecule has 0 radical (unpaired) electrons. The predicted octanol–water partition coefficient (Wildman–Crippen LogP) is -1.28. The first-order valence-electron chi connectivity index (χ1n) is 10.7. The van der Waals surface area contributed by atoms with E-state index in [1.165, 1.54) is 28.5 Å². The van der Waals surface area contributed by atoms with Gasteiger partial charge in [-0.1, -0.05) is 69.1 Å². The van der Waals surface area contributed by atoms with Crippen molar-refractivity contribution in [3.8, 4) is 0 Å². The summed E-state index contributed by atoms with van der Waals surface area (Å²) < 4.78 is 0. The zero-order valence-electron chi connectivity index (χ0n) is 21.9. The fourth-order valence-corrected chi connectivity index (χ4v) is 18.5. The molecule has 1 aromatic rings. The van der Waals surface area contributed by atoms with Crippen LogP contribution in [-0.2, 0) is 6.54 Å². The molecule has 0 atom stereocenters. The number of quaternary nitrogens is 2. The second-order valence-corrected chi connectivity index (χ2v) is 24.5. The van der Waals surface area contributed by atoms with Gasteiger partial charge in [0.25, 0.3) is 0 Å². The smallest absolute Gasteiger partial charge is 0.508 e. The Morgan fingerprint density at radius 2 is 1.24 bits per heavy atom. The van der Waals surface area contributed by atoms with Gasteiger partial charge in [-0.15, -0.1) is 0 Å². The minimum Gasteiger partial charge on any atom is -0.508 e. The van der Waals surface area contributed by atoms with Crippen molar-refractivity contribution in [3.63, 3.8) is 0 Å². The molecule has 0 saturated heterocycles. The third kappa shape index (κ3) is 15.4. The molecule has 0 fully saturated rings. The van der Waals surface area contributed by atoms with E-state index in [0.717, 1.165) is 11.5 Å². The topological polar surface area (TPSA) is 12.1 Å². The van der Waals surface area contributed by atoms with Crippen LogP contribution in [0.1, 0.15) is 5.56 Å². The largest absolute Gasteiger partial charge is 1.00 e. The Morgan fingerprint density at radius 1 is 0.828 bits per heavy atom. The number of hydrogen-bond donors (Lipinski definition) is 2. The molecule has 0 aliphatic carbocycles. The van der Waals surface area contributed by atoms with E-state index in [1.54, 1.807) is 13.9 Å². The van der Waals surface area contributed by atoms with E-state index in [0.29, 0.717) is 0 Å². The van der Waals surface area contributed by atoms with Crippen molar-refractivity contribution < 1.29 is 39.4 Å². The summed E-state index contributed by atoms with van der Waals surface area (Å²) in [6.07, 6.45) is 0. The molecule has 7 heteroatoms. The summed E-state index contributed by atoms with van der Waals surface area (Å²) in [5.74, 6) is 0. The molecule has 2 N–H and O–H groups in total. The maximum absolute atomic E-state index is 2.54. The third-order valence-corrected chi connectivity index (χ3v) is 19.4. The molecule has 164 valence electrons. The summed E-state index contributed by atoms with van der Waals surface area (Å²) >= 11 is 0. The van der Waals surface area contributed by atoms with E-state index >= 15 is 0 Å². The van der Waals surface area contributed by atoms with Crippen LogP contribution in [0.3, 0.4) is 0 Å². The van der Waals surface area contributed by atoms with Crippen LogP contribution in [0.5, 0.6) is 0 Å². The average molecular weight is 466 g/mol. The van der Waals surface area contributed by atoms with Gasteiger partial charge in [0.1, 0.15) is 13.1 Å². The van der Waals surface area contributed by atoms with Gasteiger partial charge < -0.3 is 23.3 Å². The third-order valence-electron chi connectivity index (χ3n) is 4.51. The fraction of sp³-hybridized carbons (Fsp3) is 0.727. The minimum absolute atomic E-state index is 0. The summed E-state index contributed by atoms with van der Waals surface area (Å²) in [5, 5.41) is 1.55. The van der Waals surface area contributed by atoms with Gasteiger partial charge in [-0.3, -0.25) is 0 Å². The molecule has 0 amide bonds. The molecular formula is C22H49N3NaPSi2+2. The molecule has 0 saturated carbocycles. The molecule has 1 rings (SSSR count). The quantitative estimate of drug-likeness (QED) is 0.342. The number of hydrogen-bond acceptors (Lipinski definition) is 1. The molecule has 1 aromatic carbocycles. The number of likely N-dealkylation sites (N-methyl/N-ethyl adjacent to an activating group) is 2. The summed E-state index contributed by atoms with van der Waals surface area (Å²) in [6, 6.07) is 9.02. The molecule has 3 nitrogen and oxygen atoms in total. The molecule has 29 heavy (non-hydrogen) atoms. The first-order chi connectivity index (χ1) is 12.6.